The maximum atomic E-state index is 12.1. The van der Waals surface area contributed by atoms with Crippen molar-refractivity contribution in [1.29, 1.82) is 0 Å². The minimum absolute atomic E-state index is 0.0551. The highest BCUT2D eigenvalue weighted by Gasteiger charge is 2.26. The molecule has 5 nitrogen and oxygen atoms in total. The van der Waals surface area contributed by atoms with E-state index in [1.807, 2.05) is 45.0 Å². The highest BCUT2D eigenvalue weighted by Crippen LogP contribution is 2.24. The Bertz CT molecular complexity index is 451. The van der Waals surface area contributed by atoms with Gasteiger partial charge < -0.3 is 20.1 Å². The topological polar surface area (TPSA) is 59.6 Å². The van der Waals surface area contributed by atoms with E-state index in [1.165, 1.54) is 0 Å². The maximum Gasteiger partial charge on any atom is 0.244 e. The van der Waals surface area contributed by atoms with Crippen LogP contribution in [0.1, 0.15) is 32.6 Å². The van der Waals surface area contributed by atoms with Crippen LogP contribution in [0.2, 0.25) is 0 Å². The van der Waals surface area contributed by atoms with Crippen molar-refractivity contribution in [2.24, 2.45) is 0 Å². The second-order valence-electron chi connectivity index (χ2n) is 5.30. The molecule has 0 aliphatic carbocycles. The van der Waals surface area contributed by atoms with Crippen molar-refractivity contribution in [3.05, 3.63) is 29.8 Å². The van der Waals surface area contributed by atoms with Crippen LogP contribution in [0.25, 0.3) is 0 Å². The molecule has 1 heterocycles. The second-order valence-corrected chi connectivity index (χ2v) is 5.30. The summed E-state index contributed by atoms with van der Waals surface area (Å²) in [5, 5.41) is 6.05. The number of nitrogens with one attached hydrogen (secondary N) is 2. The number of benzene rings is 1. The molecule has 1 amide bonds. The molecule has 1 saturated heterocycles. The van der Waals surface area contributed by atoms with Crippen molar-refractivity contribution in [2.75, 3.05) is 25.1 Å². The maximum absolute atomic E-state index is 12.1. The van der Waals surface area contributed by atoms with Crippen LogP contribution in [0.4, 0.5) is 5.69 Å². The Labute approximate surface area is 119 Å². The van der Waals surface area contributed by atoms with Crippen molar-refractivity contribution in [3.8, 4) is 0 Å². The number of carbonyl (C=O) groups is 1. The molecule has 0 spiro atoms. The highest BCUT2D eigenvalue weighted by molar-refractivity contribution is 5.97. The molecule has 0 aromatic heterocycles. The molecule has 1 aromatic carbocycles. The monoisotopic (exact) mass is 278 g/mol. The largest absolute Gasteiger partial charge is 0.346 e. The molecule has 20 heavy (non-hydrogen) atoms. The summed E-state index contributed by atoms with van der Waals surface area (Å²) >= 11 is 0. The van der Waals surface area contributed by atoms with Gasteiger partial charge in [0.25, 0.3) is 0 Å². The Morgan fingerprint density at radius 3 is 2.40 bits per heavy atom. The Balaban J connectivity index is 1.98. The highest BCUT2D eigenvalue weighted by atomic mass is 16.7. The van der Waals surface area contributed by atoms with E-state index in [9.17, 15) is 4.79 Å². The van der Waals surface area contributed by atoms with E-state index in [4.69, 9.17) is 9.47 Å². The molecule has 0 saturated carbocycles. The lowest BCUT2D eigenvalue weighted by Crippen LogP contribution is -2.49. The molecule has 0 radical (unpaired) electrons. The Hall–Kier alpha value is -1.43. The van der Waals surface area contributed by atoms with Crippen LogP contribution < -0.4 is 10.6 Å². The summed E-state index contributed by atoms with van der Waals surface area (Å²) in [5.74, 6) is -0.0551. The van der Waals surface area contributed by atoms with Crippen LogP contribution in [0, 0.1) is 0 Å². The fraction of sp³-hybridized carbons (Fsp3) is 0.533. The van der Waals surface area contributed by atoms with Gasteiger partial charge in [-0.15, -0.1) is 0 Å². The van der Waals surface area contributed by atoms with Crippen LogP contribution >= 0.6 is 0 Å². The van der Waals surface area contributed by atoms with E-state index in [2.05, 4.69) is 10.6 Å². The molecule has 0 atom stereocenters. The van der Waals surface area contributed by atoms with Gasteiger partial charge in [0.1, 0.15) is 0 Å². The number of likely N-dealkylation sites (N-methyl/N-ethyl adjacent to an activating group) is 1. The number of anilines is 1. The molecule has 2 N–H and O–H groups in total. The van der Waals surface area contributed by atoms with Crippen molar-refractivity contribution in [3.63, 3.8) is 0 Å². The third-order valence-electron chi connectivity index (χ3n) is 3.25. The lowest BCUT2D eigenvalue weighted by Gasteiger charge is -2.24. The molecule has 1 aromatic rings. The molecule has 1 aliphatic rings. The van der Waals surface area contributed by atoms with E-state index in [0.717, 1.165) is 17.8 Å². The zero-order valence-electron chi connectivity index (χ0n) is 12.2. The van der Waals surface area contributed by atoms with Crippen molar-refractivity contribution < 1.29 is 14.3 Å². The predicted octanol–water partition coefficient (Wildman–Crippen LogP) is 2.06. The van der Waals surface area contributed by atoms with Gasteiger partial charge in [0.15, 0.2) is 6.29 Å². The van der Waals surface area contributed by atoms with E-state index < -0.39 is 5.54 Å². The summed E-state index contributed by atoms with van der Waals surface area (Å²) in [6.07, 6.45) is -0.280. The van der Waals surface area contributed by atoms with Gasteiger partial charge in [-0.05, 0) is 32.5 Å². The van der Waals surface area contributed by atoms with Crippen LogP contribution in [-0.2, 0) is 14.3 Å². The zero-order chi connectivity index (χ0) is 14.6. The number of hydrogen-bond donors (Lipinski definition) is 2. The lowest BCUT2D eigenvalue weighted by molar-refractivity contribution is -0.121. The molecule has 1 aliphatic heterocycles. The Morgan fingerprint density at radius 1 is 1.25 bits per heavy atom. The van der Waals surface area contributed by atoms with Gasteiger partial charge in [-0.1, -0.05) is 19.1 Å². The third kappa shape index (κ3) is 3.56. The summed E-state index contributed by atoms with van der Waals surface area (Å²) in [6.45, 7) is 7.70. The van der Waals surface area contributed by atoms with Crippen LogP contribution in [0.15, 0.2) is 24.3 Å². The molecule has 0 unspecified atom stereocenters. The van der Waals surface area contributed by atoms with Gasteiger partial charge in [-0.25, -0.2) is 0 Å². The van der Waals surface area contributed by atoms with Gasteiger partial charge in [0, 0.05) is 11.3 Å². The second kappa shape index (κ2) is 6.35. The lowest BCUT2D eigenvalue weighted by atomic mass is 10.0. The summed E-state index contributed by atoms with van der Waals surface area (Å²) in [4.78, 5) is 12.1. The minimum atomic E-state index is -0.592. The molecule has 0 bridgehead atoms. The summed E-state index contributed by atoms with van der Waals surface area (Å²) < 4.78 is 10.9. The Morgan fingerprint density at radius 2 is 1.85 bits per heavy atom. The predicted molar refractivity (Wildman–Crippen MR) is 77.5 cm³/mol. The van der Waals surface area contributed by atoms with E-state index >= 15 is 0 Å². The van der Waals surface area contributed by atoms with E-state index in [0.29, 0.717) is 13.2 Å². The molecule has 110 valence electrons. The first-order valence-corrected chi connectivity index (χ1v) is 6.92. The standard InChI is InChI=1S/C15H22N2O3/c1-4-16-15(2,3)14(18)17-12-7-5-11(6-8-12)13-19-9-10-20-13/h5-8,13,16H,4,9-10H2,1-3H3,(H,17,18). The molecular weight excluding hydrogens is 256 g/mol. The van der Waals surface area contributed by atoms with Crippen LogP contribution in [-0.4, -0.2) is 31.2 Å². The molecule has 2 rings (SSSR count). The average Bonchev–Trinajstić information content (AvgIpc) is 2.93. The summed E-state index contributed by atoms with van der Waals surface area (Å²) in [7, 11) is 0. The fourth-order valence-corrected chi connectivity index (χ4v) is 2.08. The SMILES string of the molecule is CCNC(C)(C)C(=O)Nc1ccc(C2OCCO2)cc1. The smallest absolute Gasteiger partial charge is 0.244 e. The van der Waals surface area contributed by atoms with Gasteiger partial charge in [-0.3, -0.25) is 4.79 Å². The number of hydrogen-bond acceptors (Lipinski definition) is 4. The molecule has 1 fully saturated rings. The van der Waals surface area contributed by atoms with Gasteiger partial charge in [0.2, 0.25) is 5.91 Å². The van der Waals surface area contributed by atoms with Gasteiger partial charge in [-0.2, -0.15) is 0 Å². The fourth-order valence-electron chi connectivity index (χ4n) is 2.08. The normalized spacial score (nSPS) is 16.4. The number of amides is 1. The number of carbonyl (C=O) groups excluding carboxylic acids is 1. The van der Waals surface area contributed by atoms with Gasteiger partial charge >= 0.3 is 0 Å². The average molecular weight is 278 g/mol. The van der Waals surface area contributed by atoms with Crippen molar-refractivity contribution >= 4 is 11.6 Å². The van der Waals surface area contributed by atoms with Crippen LogP contribution in [0.5, 0.6) is 0 Å². The van der Waals surface area contributed by atoms with Crippen molar-refractivity contribution in [1.82, 2.24) is 5.32 Å². The summed E-state index contributed by atoms with van der Waals surface area (Å²) in [6, 6.07) is 7.54. The minimum Gasteiger partial charge on any atom is -0.346 e. The number of ether oxygens (including phenoxy) is 2. The van der Waals surface area contributed by atoms with Crippen molar-refractivity contribution in [2.45, 2.75) is 32.6 Å². The van der Waals surface area contributed by atoms with Gasteiger partial charge in [0.05, 0.1) is 18.8 Å². The van der Waals surface area contributed by atoms with E-state index in [-0.39, 0.29) is 12.2 Å². The van der Waals surface area contributed by atoms with E-state index in [1.54, 1.807) is 0 Å². The summed E-state index contributed by atoms with van der Waals surface area (Å²) in [5.41, 5.74) is 1.14. The first-order chi connectivity index (χ1) is 9.53. The molecule has 5 heteroatoms. The first kappa shape index (κ1) is 15.0. The Kier molecular flexibility index (Phi) is 4.75. The quantitative estimate of drug-likeness (QED) is 0.865. The number of rotatable bonds is 5. The van der Waals surface area contributed by atoms with Crippen LogP contribution in [0.3, 0.4) is 0 Å². The zero-order valence-corrected chi connectivity index (χ0v) is 12.2. The third-order valence-corrected chi connectivity index (χ3v) is 3.25. The molecular formula is C15H22N2O3. The first-order valence-electron chi connectivity index (χ1n) is 6.92.